The van der Waals surface area contributed by atoms with Crippen molar-refractivity contribution in [3.8, 4) is 0 Å². The van der Waals surface area contributed by atoms with Crippen molar-refractivity contribution < 1.29 is 8.78 Å². The van der Waals surface area contributed by atoms with Crippen LogP contribution >= 0.6 is 0 Å². The number of hydrogen-bond acceptors (Lipinski definition) is 2. The van der Waals surface area contributed by atoms with Crippen molar-refractivity contribution in [1.29, 1.82) is 0 Å². The topological polar surface area (TPSA) is 29.3 Å². The molecule has 2 aromatic rings. The number of likely N-dealkylation sites (tertiary alicyclic amines) is 1. The van der Waals surface area contributed by atoms with Crippen LogP contribution in [0.2, 0.25) is 0 Å². The lowest BCUT2D eigenvalue weighted by Gasteiger charge is -2.14. The molecule has 3 rings (SSSR count). The van der Waals surface area contributed by atoms with Crippen molar-refractivity contribution in [3.05, 3.63) is 71.3 Å². The van der Waals surface area contributed by atoms with Gasteiger partial charge >= 0.3 is 0 Å². The van der Waals surface area contributed by atoms with Gasteiger partial charge in [-0.3, -0.25) is 4.90 Å². The van der Waals surface area contributed by atoms with Crippen LogP contribution in [0, 0.1) is 18.6 Å². The minimum absolute atomic E-state index is 0.392. The van der Waals surface area contributed by atoms with E-state index in [9.17, 15) is 8.78 Å². The summed E-state index contributed by atoms with van der Waals surface area (Å²) in [6, 6.07) is 14.5. The number of halogens is 2. The molecule has 0 aromatic heterocycles. The van der Waals surface area contributed by atoms with Gasteiger partial charge in [0.15, 0.2) is 0 Å². The number of rotatable bonds is 2. The molecule has 1 saturated heterocycles. The van der Waals surface area contributed by atoms with Gasteiger partial charge in [-0.1, -0.05) is 36.4 Å². The molecule has 1 atom stereocenters. The summed E-state index contributed by atoms with van der Waals surface area (Å²) < 4.78 is 24.4. The normalized spacial score (nSPS) is 17.9. The Morgan fingerprint density at radius 2 is 1.86 bits per heavy atom. The molecule has 2 N–H and O–H groups in total. The summed E-state index contributed by atoms with van der Waals surface area (Å²) in [7, 11) is 0. The first-order valence-electron chi connectivity index (χ1n) is 7.48. The van der Waals surface area contributed by atoms with Gasteiger partial charge in [0.1, 0.15) is 11.6 Å². The number of aryl methyl sites for hydroxylation is 1. The predicted octanol–water partition coefficient (Wildman–Crippen LogP) is 3.49. The fraction of sp³-hybridized carbons (Fsp3) is 0.333. The van der Waals surface area contributed by atoms with E-state index in [2.05, 4.69) is 35.2 Å². The van der Waals surface area contributed by atoms with Crippen LogP contribution in [0.3, 0.4) is 0 Å². The van der Waals surface area contributed by atoms with Gasteiger partial charge in [-0.2, -0.15) is 0 Å². The second kappa shape index (κ2) is 8.01. The van der Waals surface area contributed by atoms with Crippen molar-refractivity contribution >= 4 is 0 Å². The first-order chi connectivity index (χ1) is 10.5. The smallest absolute Gasteiger partial charge is 0.129 e. The molecule has 0 aliphatic carbocycles. The highest BCUT2D eigenvalue weighted by Crippen LogP contribution is 2.11. The van der Waals surface area contributed by atoms with Crippen molar-refractivity contribution in [1.82, 2.24) is 4.90 Å². The van der Waals surface area contributed by atoms with Gasteiger partial charge < -0.3 is 5.73 Å². The lowest BCUT2D eigenvalue weighted by molar-refractivity contribution is 0.327. The predicted molar refractivity (Wildman–Crippen MR) is 85.4 cm³/mol. The van der Waals surface area contributed by atoms with Crippen LogP contribution in [0.4, 0.5) is 8.78 Å². The zero-order chi connectivity index (χ0) is 15.9. The maximum absolute atomic E-state index is 12.3. The first kappa shape index (κ1) is 16.6. The molecule has 0 amide bonds. The standard InChI is InChI=1S/C11H16N2.C7H6F2/c12-11-6-7-13(9-11)8-10-4-2-1-3-5-10;1-5-2-3-6(8)4-7(5)9/h1-5,11H,6-9,12H2;2-4H,1H3. The molecule has 0 bridgehead atoms. The van der Waals surface area contributed by atoms with Crippen molar-refractivity contribution in [2.45, 2.75) is 25.9 Å². The lowest BCUT2D eigenvalue weighted by Crippen LogP contribution is -2.26. The summed E-state index contributed by atoms with van der Waals surface area (Å²) in [6.45, 7) is 4.84. The molecule has 1 fully saturated rings. The van der Waals surface area contributed by atoms with Gasteiger partial charge in [-0.25, -0.2) is 8.78 Å². The third-order valence-corrected chi connectivity index (χ3v) is 3.69. The van der Waals surface area contributed by atoms with E-state index in [0.29, 0.717) is 11.6 Å². The molecule has 2 aromatic carbocycles. The zero-order valence-electron chi connectivity index (χ0n) is 12.8. The average Bonchev–Trinajstić information content (AvgIpc) is 2.90. The van der Waals surface area contributed by atoms with Gasteiger partial charge in [0.25, 0.3) is 0 Å². The highest BCUT2D eigenvalue weighted by molar-refractivity contribution is 5.16. The molecule has 1 heterocycles. The number of benzene rings is 2. The Labute approximate surface area is 130 Å². The van der Waals surface area contributed by atoms with Crippen LogP contribution < -0.4 is 5.73 Å². The van der Waals surface area contributed by atoms with E-state index >= 15 is 0 Å². The van der Waals surface area contributed by atoms with Crippen LogP contribution in [0.15, 0.2) is 48.5 Å². The summed E-state index contributed by atoms with van der Waals surface area (Å²) in [6.07, 6.45) is 1.15. The van der Waals surface area contributed by atoms with Crippen LogP contribution in [0.5, 0.6) is 0 Å². The monoisotopic (exact) mass is 304 g/mol. The molecule has 22 heavy (non-hydrogen) atoms. The van der Waals surface area contributed by atoms with Crippen LogP contribution in [-0.4, -0.2) is 24.0 Å². The maximum atomic E-state index is 12.3. The van der Waals surface area contributed by atoms with Crippen LogP contribution in [-0.2, 0) is 6.54 Å². The third-order valence-electron chi connectivity index (χ3n) is 3.69. The Kier molecular flexibility index (Phi) is 6.04. The van der Waals surface area contributed by atoms with E-state index in [4.69, 9.17) is 5.73 Å². The Morgan fingerprint density at radius 3 is 2.41 bits per heavy atom. The van der Waals surface area contributed by atoms with Gasteiger partial charge in [0.05, 0.1) is 0 Å². The van der Waals surface area contributed by atoms with E-state index in [1.165, 1.54) is 17.7 Å². The Hall–Kier alpha value is -1.78. The highest BCUT2D eigenvalue weighted by Gasteiger charge is 2.18. The number of nitrogens with two attached hydrogens (primary N) is 1. The molecular formula is C18H22F2N2. The summed E-state index contributed by atoms with van der Waals surface area (Å²) >= 11 is 0. The molecule has 2 nitrogen and oxygen atoms in total. The first-order valence-corrected chi connectivity index (χ1v) is 7.48. The molecule has 1 aliphatic rings. The Bertz CT molecular complexity index is 587. The minimum atomic E-state index is -0.530. The molecule has 0 radical (unpaired) electrons. The molecule has 1 unspecified atom stereocenters. The second-order valence-electron chi connectivity index (χ2n) is 5.66. The van der Waals surface area contributed by atoms with E-state index in [1.54, 1.807) is 6.92 Å². The average molecular weight is 304 g/mol. The van der Waals surface area contributed by atoms with Crippen LogP contribution in [0.25, 0.3) is 0 Å². The molecule has 118 valence electrons. The largest absolute Gasteiger partial charge is 0.326 e. The summed E-state index contributed by atoms with van der Waals surface area (Å²) in [4.78, 5) is 2.42. The molecule has 0 spiro atoms. The van der Waals surface area contributed by atoms with Crippen molar-refractivity contribution in [2.24, 2.45) is 5.73 Å². The number of nitrogens with zero attached hydrogens (tertiary/aromatic N) is 1. The SMILES string of the molecule is Cc1ccc(F)cc1F.NC1CCN(Cc2ccccc2)C1. The second-order valence-corrected chi connectivity index (χ2v) is 5.66. The molecule has 0 saturated carbocycles. The quantitative estimate of drug-likeness (QED) is 0.920. The molecule has 4 heteroatoms. The summed E-state index contributed by atoms with van der Waals surface area (Å²) in [5, 5.41) is 0. The van der Waals surface area contributed by atoms with E-state index in [-0.39, 0.29) is 0 Å². The number of hydrogen-bond donors (Lipinski definition) is 1. The fourth-order valence-electron chi connectivity index (χ4n) is 2.42. The van der Waals surface area contributed by atoms with Crippen LogP contribution in [0.1, 0.15) is 17.5 Å². The lowest BCUT2D eigenvalue weighted by atomic mass is 10.2. The fourth-order valence-corrected chi connectivity index (χ4v) is 2.42. The Morgan fingerprint density at radius 1 is 1.14 bits per heavy atom. The van der Waals surface area contributed by atoms with Gasteiger partial charge in [0.2, 0.25) is 0 Å². The zero-order valence-corrected chi connectivity index (χ0v) is 12.8. The van der Waals surface area contributed by atoms with Crippen molar-refractivity contribution in [2.75, 3.05) is 13.1 Å². The molecule has 1 aliphatic heterocycles. The van der Waals surface area contributed by atoms with Gasteiger partial charge in [-0.15, -0.1) is 0 Å². The Balaban J connectivity index is 0.000000172. The molecular weight excluding hydrogens is 282 g/mol. The van der Waals surface area contributed by atoms with E-state index in [0.717, 1.165) is 32.1 Å². The summed E-state index contributed by atoms with van der Waals surface area (Å²) in [5.41, 5.74) is 7.69. The van der Waals surface area contributed by atoms with E-state index < -0.39 is 11.6 Å². The minimum Gasteiger partial charge on any atom is -0.326 e. The maximum Gasteiger partial charge on any atom is 0.129 e. The van der Waals surface area contributed by atoms with E-state index in [1.807, 2.05) is 0 Å². The summed E-state index contributed by atoms with van der Waals surface area (Å²) in [5.74, 6) is -1.02. The highest BCUT2D eigenvalue weighted by atomic mass is 19.1. The van der Waals surface area contributed by atoms with Gasteiger partial charge in [0, 0.05) is 31.7 Å². The van der Waals surface area contributed by atoms with Gasteiger partial charge in [-0.05, 0) is 30.5 Å². The van der Waals surface area contributed by atoms with Crippen molar-refractivity contribution in [3.63, 3.8) is 0 Å². The third kappa shape index (κ3) is 5.20.